The number of amides is 2. The first-order valence-corrected chi connectivity index (χ1v) is 7.04. The minimum Gasteiger partial charge on any atom is -0.480 e. The van der Waals surface area contributed by atoms with E-state index in [9.17, 15) is 19.5 Å². The van der Waals surface area contributed by atoms with Gasteiger partial charge >= 0.3 is 5.97 Å². The van der Waals surface area contributed by atoms with Gasteiger partial charge in [0.25, 0.3) is 0 Å². The van der Waals surface area contributed by atoms with E-state index in [1.807, 2.05) is 0 Å². The highest BCUT2D eigenvalue weighted by Gasteiger charge is 2.50. The fourth-order valence-corrected chi connectivity index (χ4v) is 2.79. The maximum atomic E-state index is 12.1. The molecule has 7 nitrogen and oxygen atoms in total. The van der Waals surface area contributed by atoms with Crippen LogP contribution >= 0.6 is 0 Å². The summed E-state index contributed by atoms with van der Waals surface area (Å²) in [7, 11) is 0. The molecule has 0 saturated carbocycles. The van der Waals surface area contributed by atoms with Crippen LogP contribution in [0.1, 0.15) is 30.9 Å². The van der Waals surface area contributed by atoms with Crippen molar-refractivity contribution in [2.75, 3.05) is 6.54 Å². The lowest BCUT2D eigenvalue weighted by atomic mass is 9.82. The van der Waals surface area contributed by atoms with Gasteiger partial charge in [0, 0.05) is 12.8 Å². The van der Waals surface area contributed by atoms with Crippen LogP contribution in [0.3, 0.4) is 0 Å². The van der Waals surface area contributed by atoms with Gasteiger partial charge in [-0.2, -0.15) is 0 Å². The van der Waals surface area contributed by atoms with Crippen molar-refractivity contribution in [2.45, 2.75) is 30.8 Å². The molecule has 1 fully saturated rings. The van der Waals surface area contributed by atoms with Crippen LogP contribution in [0.4, 0.5) is 0 Å². The fraction of sp³-hybridized carbons (Fsp3) is 0.400. The lowest BCUT2D eigenvalue weighted by Crippen LogP contribution is -2.60. The van der Waals surface area contributed by atoms with Gasteiger partial charge in [-0.3, -0.25) is 19.3 Å². The van der Waals surface area contributed by atoms with E-state index >= 15 is 0 Å². The molecule has 2 atom stereocenters. The molecule has 1 aromatic carbocycles. The number of nitrogens with two attached hydrogens (primary N) is 2. The number of rotatable bonds is 6. The van der Waals surface area contributed by atoms with Crippen LogP contribution in [0.2, 0.25) is 0 Å². The third-order valence-electron chi connectivity index (χ3n) is 3.91. The molecule has 1 heterocycles. The molecule has 0 bridgehead atoms. The number of carboxylic acid groups (broad SMARTS) is 1. The molecule has 118 valence electrons. The molecule has 0 spiro atoms. The zero-order valence-electron chi connectivity index (χ0n) is 12.1. The minimum absolute atomic E-state index is 0.0301. The zero-order chi connectivity index (χ0) is 16.3. The molecule has 1 aliphatic rings. The average molecular weight is 305 g/mol. The lowest BCUT2D eigenvalue weighted by molar-refractivity contribution is -0.152. The summed E-state index contributed by atoms with van der Waals surface area (Å²) in [5.74, 6) is -2.11. The normalized spacial score (nSPS) is 19.1. The van der Waals surface area contributed by atoms with Gasteiger partial charge < -0.3 is 16.6 Å². The highest BCUT2D eigenvalue weighted by molar-refractivity contribution is 6.03. The molecule has 1 saturated heterocycles. The summed E-state index contributed by atoms with van der Waals surface area (Å²) < 4.78 is 0. The van der Waals surface area contributed by atoms with Crippen LogP contribution in [0.25, 0.3) is 0 Å². The number of carbonyl (C=O) groups is 3. The number of likely N-dealkylation sites (tertiary alicyclic amines) is 1. The fourth-order valence-electron chi connectivity index (χ4n) is 2.79. The summed E-state index contributed by atoms with van der Waals surface area (Å²) in [5.41, 5.74) is 10.3. The van der Waals surface area contributed by atoms with Gasteiger partial charge in [-0.15, -0.1) is 0 Å². The van der Waals surface area contributed by atoms with Gasteiger partial charge in [0.1, 0.15) is 5.54 Å². The molecule has 2 rings (SSSR count). The summed E-state index contributed by atoms with van der Waals surface area (Å²) in [6, 6.07) is 7.42. The summed E-state index contributed by atoms with van der Waals surface area (Å²) in [5, 5.41) is 9.60. The Hall–Kier alpha value is -2.25. The molecule has 1 aliphatic heterocycles. The van der Waals surface area contributed by atoms with Crippen molar-refractivity contribution in [3.8, 4) is 0 Å². The molecular formula is C15H19N3O4. The van der Waals surface area contributed by atoms with Gasteiger partial charge in [0.05, 0.1) is 6.04 Å². The predicted molar refractivity (Wildman–Crippen MR) is 78.5 cm³/mol. The van der Waals surface area contributed by atoms with E-state index in [0.29, 0.717) is 5.56 Å². The van der Waals surface area contributed by atoms with Crippen LogP contribution in [-0.4, -0.2) is 39.9 Å². The average Bonchev–Trinajstić information content (AvgIpc) is 2.81. The Labute approximate surface area is 127 Å². The number of nitrogens with zero attached hydrogens (tertiary/aromatic N) is 1. The van der Waals surface area contributed by atoms with Gasteiger partial charge in [-0.1, -0.05) is 30.3 Å². The Kier molecular flexibility index (Phi) is 4.58. The number of aliphatic carboxylic acids is 1. The number of carboxylic acids is 1. The monoisotopic (exact) mass is 305 g/mol. The summed E-state index contributed by atoms with van der Waals surface area (Å²) in [6.07, 6.45) is 0.0833. The standard InChI is InChI=1S/C15H19N3O4/c16-9-8-15(17,14(21)22)13(10-4-2-1-3-5-10)18-11(19)6-7-12(18)20/h1-5,13H,6-9,16-17H2,(H,21,22). The van der Waals surface area contributed by atoms with Gasteiger partial charge in [-0.25, -0.2) is 0 Å². The second-order valence-corrected chi connectivity index (χ2v) is 5.35. The first-order chi connectivity index (χ1) is 10.4. The number of imide groups is 1. The third-order valence-corrected chi connectivity index (χ3v) is 3.91. The van der Waals surface area contributed by atoms with Crippen LogP contribution < -0.4 is 11.5 Å². The zero-order valence-corrected chi connectivity index (χ0v) is 12.1. The molecule has 2 amide bonds. The molecule has 22 heavy (non-hydrogen) atoms. The van der Waals surface area contributed by atoms with Crippen molar-refractivity contribution in [1.29, 1.82) is 0 Å². The van der Waals surface area contributed by atoms with E-state index < -0.39 is 29.4 Å². The summed E-state index contributed by atoms with van der Waals surface area (Å²) in [4.78, 5) is 36.9. The van der Waals surface area contributed by atoms with Crippen molar-refractivity contribution < 1.29 is 19.5 Å². The van der Waals surface area contributed by atoms with E-state index in [1.165, 1.54) is 0 Å². The predicted octanol–water partition coefficient (Wildman–Crippen LogP) is 0.00760. The largest absolute Gasteiger partial charge is 0.480 e. The van der Waals surface area contributed by atoms with Gasteiger partial charge in [0.15, 0.2) is 0 Å². The molecule has 0 aromatic heterocycles. The molecule has 2 unspecified atom stereocenters. The van der Waals surface area contributed by atoms with E-state index in [4.69, 9.17) is 11.5 Å². The van der Waals surface area contributed by atoms with Crippen molar-refractivity contribution in [1.82, 2.24) is 4.90 Å². The van der Waals surface area contributed by atoms with Gasteiger partial charge in [0.2, 0.25) is 11.8 Å². The summed E-state index contributed by atoms with van der Waals surface area (Å²) >= 11 is 0. The van der Waals surface area contributed by atoms with Crippen LogP contribution in [0, 0.1) is 0 Å². The van der Waals surface area contributed by atoms with Crippen molar-refractivity contribution in [2.24, 2.45) is 11.5 Å². The Morgan fingerprint density at radius 3 is 2.23 bits per heavy atom. The van der Waals surface area contributed by atoms with Gasteiger partial charge in [-0.05, 0) is 18.5 Å². The van der Waals surface area contributed by atoms with Crippen LogP contribution in [0.5, 0.6) is 0 Å². The Morgan fingerprint density at radius 1 is 1.23 bits per heavy atom. The molecular weight excluding hydrogens is 286 g/mol. The number of hydrogen-bond donors (Lipinski definition) is 3. The SMILES string of the molecule is NCCC(N)(C(=O)O)C(c1ccccc1)N1C(=O)CCC1=O. The lowest BCUT2D eigenvalue weighted by Gasteiger charge is -2.38. The maximum absolute atomic E-state index is 12.1. The highest BCUT2D eigenvalue weighted by Crippen LogP contribution is 2.36. The number of carbonyl (C=O) groups excluding carboxylic acids is 2. The second kappa shape index (κ2) is 6.25. The molecule has 0 radical (unpaired) electrons. The quantitative estimate of drug-likeness (QED) is 0.635. The topological polar surface area (TPSA) is 127 Å². The smallest absolute Gasteiger partial charge is 0.326 e. The number of hydrogen-bond acceptors (Lipinski definition) is 5. The van der Waals surface area contributed by atoms with E-state index in [-0.39, 0.29) is 25.8 Å². The van der Waals surface area contributed by atoms with Crippen molar-refractivity contribution in [3.63, 3.8) is 0 Å². The Morgan fingerprint density at radius 2 is 1.77 bits per heavy atom. The first kappa shape index (κ1) is 16.1. The highest BCUT2D eigenvalue weighted by atomic mass is 16.4. The Balaban J connectivity index is 2.57. The molecule has 5 N–H and O–H groups in total. The van der Waals surface area contributed by atoms with Crippen LogP contribution in [0.15, 0.2) is 30.3 Å². The maximum Gasteiger partial charge on any atom is 0.326 e. The molecule has 0 aliphatic carbocycles. The first-order valence-electron chi connectivity index (χ1n) is 7.04. The summed E-state index contributed by atoms with van der Waals surface area (Å²) in [6.45, 7) is 0.0301. The molecule has 1 aromatic rings. The van der Waals surface area contributed by atoms with Crippen molar-refractivity contribution >= 4 is 17.8 Å². The van der Waals surface area contributed by atoms with Crippen molar-refractivity contribution in [3.05, 3.63) is 35.9 Å². The minimum atomic E-state index is -1.83. The Bertz CT molecular complexity index is 574. The third kappa shape index (κ3) is 2.72. The second-order valence-electron chi connectivity index (χ2n) is 5.35. The van der Waals surface area contributed by atoms with E-state index in [0.717, 1.165) is 4.90 Å². The van der Waals surface area contributed by atoms with Crippen LogP contribution in [-0.2, 0) is 14.4 Å². The van der Waals surface area contributed by atoms with E-state index in [1.54, 1.807) is 30.3 Å². The van der Waals surface area contributed by atoms with E-state index in [2.05, 4.69) is 0 Å². The molecule has 7 heteroatoms. The number of benzene rings is 1.